The molecule has 0 spiro atoms. The molecule has 0 bridgehead atoms. The van der Waals surface area contributed by atoms with Crippen LogP contribution in [0.4, 0.5) is 23.3 Å². The SMILES string of the molecule is NC(=NCCCCCN1CCN(CCCN=C(N)NC(=O)c2nc(Cl)c(N)nc2N)CC1)NC(=O)c1nc(Cl)c(N)nc1N. The molecule has 1 fully saturated rings. The molecule has 0 aliphatic carbocycles. The lowest BCUT2D eigenvalue weighted by molar-refractivity contribution is 0.0964. The number of unbranched alkanes of at least 4 members (excludes halogenated alkanes) is 2. The number of rotatable bonds is 12. The van der Waals surface area contributed by atoms with Crippen LogP contribution in [0.2, 0.25) is 10.3 Å². The van der Waals surface area contributed by atoms with Crippen LogP contribution in [0.5, 0.6) is 0 Å². The second-order valence-electron chi connectivity index (χ2n) is 9.81. The Morgan fingerprint density at radius 1 is 0.636 bits per heavy atom. The number of aromatic nitrogens is 4. The van der Waals surface area contributed by atoms with Gasteiger partial charge in [0.2, 0.25) is 0 Å². The largest absolute Gasteiger partial charge is 0.382 e. The highest BCUT2D eigenvalue weighted by Gasteiger charge is 2.19. The molecule has 0 aromatic carbocycles. The highest BCUT2D eigenvalue weighted by molar-refractivity contribution is 6.32. The van der Waals surface area contributed by atoms with Crippen molar-refractivity contribution in [2.24, 2.45) is 21.5 Å². The van der Waals surface area contributed by atoms with Crippen LogP contribution in [0.15, 0.2) is 9.98 Å². The maximum Gasteiger partial charge on any atom is 0.280 e. The number of nitrogens with two attached hydrogens (primary N) is 6. The molecule has 44 heavy (non-hydrogen) atoms. The number of hydrogen-bond acceptors (Lipinski definition) is 14. The molecule has 20 heteroatoms. The molecule has 1 aliphatic rings. The smallest absolute Gasteiger partial charge is 0.280 e. The number of carbonyl (C=O) groups is 2. The first-order chi connectivity index (χ1) is 20.9. The van der Waals surface area contributed by atoms with Crippen molar-refractivity contribution in [2.75, 3.05) is 75.3 Å². The van der Waals surface area contributed by atoms with E-state index in [1.165, 1.54) is 0 Å². The Kier molecular flexibility index (Phi) is 12.9. The molecule has 1 saturated heterocycles. The Morgan fingerprint density at radius 2 is 1.05 bits per heavy atom. The third-order valence-corrected chi connectivity index (χ3v) is 7.07. The molecule has 18 nitrogen and oxygen atoms in total. The molecule has 2 aromatic rings. The first kappa shape index (κ1) is 34.2. The average Bonchev–Trinajstić information content (AvgIpc) is 2.97. The zero-order valence-corrected chi connectivity index (χ0v) is 25.6. The van der Waals surface area contributed by atoms with Gasteiger partial charge in [-0.15, -0.1) is 0 Å². The number of guanidine groups is 2. The molecule has 0 atom stereocenters. The minimum absolute atomic E-state index is 0.0399. The van der Waals surface area contributed by atoms with Crippen LogP contribution in [0.3, 0.4) is 0 Å². The van der Waals surface area contributed by atoms with Gasteiger partial charge in [0.15, 0.2) is 56.9 Å². The standard InChI is InChI=1S/C24H38Cl2N16O2/c25-15-19(29)37-17(27)13(35-15)21(43)39-23(31)33-5-2-1-3-7-41-9-11-42(12-10-41)8-4-6-34-24(32)40-22(44)14-18(28)38-20(30)16(26)36-14/h1-12H2,(H4,27,29,37)(H4,28,30,38)(H3,31,33,39,43)(H3,32,34,40,44). The highest BCUT2D eigenvalue weighted by atomic mass is 35.5. The molecular weight excluding hydrogens is 615 g/mol. The Hall–Kier alpha value is -4.26. The lowest BCUT2D eigenvalue weighted by Crippen LogP contribution is -2.46. The van der Waals surface area contributed by atoms with E-state index in [4.69, 9.17) is 57.6 Å². The summed E-state index contributed by atoms with van der Waals surface area (Å²) in [5.74, 6) is -1.86. The fourth-order valence-corrected chi connectivity index (χ4v) is 4.45. The Balaban J connectivity index is 1.24. The van der Waals surface area contributed by atoms with Gasteiger partial charge >= 0.3 is 0 Å². The van der Waals surface area contributed by atoms with Crippen molar-refractivity contribution < 1.29 is 9.59 Å². The summed E-state index contributed by atoms with van der Waals surface area (Å²) in [6.45, 7) is 6.65. The van der Waals surface area contributed by atoms with Gasteiger partial charge in [-0.25, -0.2) is 19.9 Å². The van der Waals surface area contributed by atoms with Crippen molar-refractivity contribution in [2.45, 2.75) is 25.7 Å². The second-order valence-corrected chi connectivity index (χ2v) is 10.5. The molecular formula is C24H38Cl2N16O2. The number of carbonyl (C=O) groups excluding carboxylic acids is 2. The van der Waals surface area contributed by atoms with E-state index in [1.807, 2.05) is 0 Å². The number of amides is 2. The molecule has 2 amide bonds. The summed E-state index contributed by atoms with van der Waals surface area (Å²) >= 11 is 11.6. The maximum atomic E-state index is 12.3. The van der Waals surface area contributed by atoms with Gasteiger partial charge in [0.1, 0.15) is 0 Å². The lowest BCUT2D eigenvalue weighted by Gasteiger charge is -2.34. The highest BCUT2D eigenvalue weighted by Crippen LogP contribution is 2.18. The average molecular weight is 654 g/mol. The summed E-state index contributed by atoms with van der Waals surface area (Å²) < 4.78 is 0. The summed E-state index contributed by atoms with van der Waals surface area (Å²) in [4.78, 5) is 53.0. The van der Waals surface area contributed by atoms with Crippen LogP contribution < -0.4 is 45.0 Å². The zero-order valence-electron chi connectivity index (χ0n) is 24.1. The Morgan fingerprint density at radius 3 is 1.50 bits per heavy atom. The fourth-order valence-electron chi connectivity index (χ4n) is 4.20. The predicted octanol–water partition coefficient (Wildman–Crippen LogP) is -1.13. The predicted molar refractivity (Wildman–Crippen MR) is 171 cm³/mol. The quantitative estimate of drug-likeness (QED) is 0.0764. The summed E-state index contributed by atoms with van der Waals surface area (Å²) in [6.07, 6.45) is 3.60. The van der Waals surface area contributed by atoms with Crippen molar-refractivity contribution in [1.29, 1.82) is 0 Å². The van der Waals surface area contributed by atoms with Crippen molar-refractivity contribution in [1.82, 2.24) is 40.4 Å². The minimum atomic E-state index is -0.669. The van der Waals surface area contributed by atoms with Gasteiger partial charge < -0.3 is 44.2 Å². The van der Waals surface area contributed by atoms with Crippen molar-refractivity contribution >= 4 is 70.2 Å². The van der Waals surface area contributed by atoms with E-state index in [0.717, 1.165) is 65.0 Å². The van der Waals surface area contributed by atoms with Gasteiger partial charge in [0.25, 0.3) is 11.8 Å². The second kappa shape index (κ2) is 16.6. The van der Waals surface area contributed by atoms with E-state index in [-0.39, 0.29) is 56.9 Å². The van der Waals surface area contributed by atoms with Crippen molar-refractivity contribution in [3.05, 3.63) is 21.7 Å². The number of nitrogen functional groups attached to an aromatic ring is 4. The number of anilines is 4. The molecule has 240 valence electrons. The Bertz CT molecular complexity index is 1380. The van der Waals surface area contributed by atoms with E-state index < -0.39 is 11.8 Å². The molecule has 2 aromatic heterocycles. The van der Waals surface area contributed by atoms with Crippen LogP contribution in [-0.4, -0.2) is 106 Å². The summed E-state index contributed by atoms with van der Waals surface area (Å²) in [5, 5.41) is 4.60. The van der Waals surface area contributed by atoms with Gasteiger partial charge in [0.05, 0.1) is 0 Å². The van der Waals surface area contributed by atoms with E-state index in [2.05, 4.69) is 50.4 Å². The van der Waals surface area contributed by atoms with Gasteiger partial charge in [0, 0.05) is 45.8 Å². The van der Waals surface area contributed by atoms with E-state index >= 15 is 0 Å². The lowest BCUT2D eigenvalue weighted by atomic mass is 10.2. The summed E-state index contributed by atoms with van der Waals surface area (Å²) in [7, 11) is 0. The molecule has 14 N–H and O–H groups in total. The number of halogens is 2. The molecule has 0 saturated carbocycles. The molecule has 0 unspecified atom stereocenters. The first-order valence-corrected chi connectivity index (χ1v) is 14.5. The third-order valence-electron chi connectivity index (χ3n) is 6.52. The summed E-state index contributed by atoms with van der Waals surface area (Å²) in [5.41, 5.74) is 33.7. The van der Waals surface area contributed by atoms with Gasteiger partial charge in [-0.05, 0) is 25.8 Å². The number of nitrogens with zero attached hydrogens (tertiary/aromatic N) is 8. The number of aliphatic imine (C=N–C) groups is 2. The number of piperazine rings is 1. The maximum absolute atomic E-state index is 12.3. The van der Waals surface area contributed by atoms with Crippen LogP contribution in [0.1, 0.15) is 46.7 Å². The number of hydrogen-bond donors (Lipinski definition) is 8. The van der Waals surface area contributed by atoms with Gasteiger partial charge in [-0.2, -0.15) is 0 Å². The van der Waals surface area contributed by atoms with Crippen LogP contribution in [0, 0.1) is 0 Å². The normalized spacial score (nSPS) is 14.9. The van der Waals surface area contributed by atoms with E-state index in [9.17, 15) is 9.59 Å². The monoisotopic (exact) mass is 652 g/mol. The number of nitrogens with one attached hydrogen (secondary N) is 2. The fraction of sp³-hybridized carbons (Fsp3) is 0.500. The van der Waals surface area contributed by atoms with E-state index in [0.29, 0.717) is 13.1 Å². The van der Waals surface area contributed by atoms with E-state index in [1.54, 1.807) is 0 Å². The van der Waals surface area contributed by atoms with Crippen LogP contribution in [0.25, 0.3) is 0 Å². The molecule has 3 rings (SSSR count). The van der Waals surface area contributed by atoms with Crippen LogP contribution >= 0.6 is 23.2 Å². The van der Waals surface area contributed by atoms with Crippen molar-refractivity contribution in [3.8, 4) is 0 Å². The topological polar surface area (TPSA) is 297 Å². The van der Waals surface area contributed by atoms with Crippen LogP contribution in [-0.2, 0) is 0 Å². The van der Waals surface area contributed by atoms with Gasteiger partial charge in [-0.3, -0.25) is 30.2 Å². The third kappa shape index (κ3) is 10.5. The Labute approximate surface area is 264 Å². The molecule has 0 radical (unpaired) electrons. The zero-order chi connectivity index (χ0) is 32.2. The minimum Gasteiger partial charge on any atom is -0.382 e. The first-order valence-electron chi connectivity index (χ1n) is 13.8. The summed E-state index contributed by atoms with van der Waals surface area (Å²) in [6, 6.07) is 0. The van der Waals surface area contributed by atoms with Crippen molar-refractivity contribution in [3.63, 3.8) is 0 Å². The molecule has 3 heterocycles. The molecule has 1 aliphatic heterocycles. The van der Waals surface area contributed by atoms with Gasteiger partial charge in [-0.1, -0.05) is 29.6 Å².